The van der Waals surface area contributed by atoms with Gasteiger partial charge in [-0.2, -0.15) is 0 Å². The van der Waals surface area contributed by atoms with Crippen LogP contribution in [0.15, 0.2) is 51.4 Å². The van der Waals surface area contributed by atoms with Gasteiger partial charge in [-0.1, -0.05) is 34.1 Å². The van der Waals surface area contributed by atoms with Crippen LogP contribution in [-0.2, 0) is 0 Å². The summed E-state index contributed by atoms with van der Waals surface area (Å²) in [6.07, 6.45) is -0.587. The van der Waals surface area contributed by atoms with Crippen LogP contribution in [0.3, 0.4) is 0 Å². The van der Waals surface area contributed by atoms with E-state index in [9.17, 15) is 5.11 Å². The summed E-state index contributed by atoms with van der Waals surface area (Å²) in [5.41, 5.74) is 0.919. The molecule has 20 heavy (non-hydrogen) atoms. The van der Waals surface area contributed by atoms with Gasteiger partial charge in [-0.25, -0.2) is 0 Å². The van der Waals surface area contributed by atoms with Gasteiger partial charge < -0.3 is 5.11 Å². The number of fused-ring (bicyclic) bond motifs is 1. The van der Waals surface area contributed by atoms with Gasteiger partial charge >= 0.3 is 0 Å². The molecule has 0 radical (unpaired) electrons. The maximum Gasteiger partial charge on any atom is 0.114 e. The van der Waals surface area contributed by atoms with Crippen LogP contribution in [0, 0.1) is 6.92 Å². The van der Waals surface area contributed by atoms with Crippen LogP contribution in [-0.4, -0.2) is 5.11 Å². The van der Waals surface area contributed by atoms with Crippen LogP contribution in [0.5, 0.6) is 0 Å². The van der Waals surface area contributed by atoms with Crippen molar-refractivity contribution >= 4 is 54.0 Å². The fraction of sp³-hybridized carbons (Fsp3) is 0.125. The van der Waals surface area contributed by atoms with Gasteiger partial charge in [0.25, 0.3) is 0 Å². The average molecular weight is 412 g/mol. The second-order valence-corrected chi connectivity index (χ2v) is 7.78. The number of thiophene rings is 1. The summed E-state index contributed by atoms with van der Waals surface area (Å²) in [6.45, 7) is 2.05. The molecular weight excluding hydrogens is 400 g/mol. The zero-order valence-electron chi connectivity index (χ0n) is 10.7. The summed E-state index contributed by atoms with van der Waals surface area (Å²) in [4.78, 5) is 2.15. The predicted octanol–water partition coefficient (Wildman–Crippen LogP) is 5.82. The lowest BCUT2D eigenvalue weighted by atomic mass is 10.0. The molecule has 0 bridgehead atoms. The molecule has 1 aromatic heterocycles. The molecule has 0 saturated heterocycles. The summed E-state index contributed by atoms with van der Waals surface area (Å²) in [7, 11) is 0. The third-order valence-corrected chi connectivity index (χ3v) is 5.74. The van der Waals surface area contributed by atoms with Crippen molar-refractivity contribution < 1.29 is 5.11 Å². The van der Waals surface area contributed by atoms with Crippen molar-refractivity contribution in [2.24, 2.45) is 0 Å². The van der Waals surface area contributed by atoms with Gasteiger partial charge in [0.15, 0.2) is 0 Å². The SMILES string of the molecule is Cc1cc(Br)c(C(O)c2ccc3cc(Br)ccc3c2)s1. The Hall–Kier alpha value is -0.680. The molecule has 1 N–H and O–H groups in total. The molecule has 0 fully saturated rings. The Kier molecular flexibility index (Phi) is 4.00. The van der Waals surface area contributed by atoms with Crippen molar-refractivity contribution in [2.75, 3.05) is 0 Å². The standard InChI is InChI=1S/C16H12Br2OS/c1-9-6-14(18)16(20-9)15(19)12-3-2-11-8-13(17)5-4-10(11)7-12/h2-8,15,19H,1H3. The highest BCUT2D eigenvalue weighted by molar-refractivity contribution is 9.10. The zero-order valence-corrected chi connectivity index (χ0v) is 14.7. The van der Waals surface area contributed by atoms with E-state index in [1.165, 1.54) is 4.88 Å². The number of rotatable bonds is 2. The summed E-state index contributed by atoms with van der Waals surface area (Å²) >= 11 is 8.61. The first-order valence-electron chi connectivity index (χ1n) is 6.18. The van der Waals surface area contributed by atoms with Crippen LogP contribution >= 0.6 is 43.2 Å². The Morgan fingerprint density at radius 1 is 1.00 bits per heavy atom. The van der Waals surface area contributed by atoms with Gasteiger partial charge in [0.1, 0.15) is 6.10 Å². The first kappa shape index (κ1) is 14.3. The van der Waals surface area contributed by atoms with Crippen LogP contribution in [0.25, 0.3) is 10.8 Å². The molecule has 0 aliphatic heterocycles. The van der Waals surface area contributed by atoms with Gasteiger partial charge in [0, 0.05) is 13.8 Å². The molecule has 1 heterocycles. The molecule has 0 aliphatic rings. The van der Waals surface area contributed by atoms with Gasteiger partial charge in [-0.3, -0.25) is 0 Å². The highest BCUT2D eigenvalue weighted by atomic mass is 79.9. The van der Waals surface area contributed by atoms with Crippen molar-refractivity contribution in [3.8, 4) is 0 Å². The van der Waals surface area contributed by atoms with E-state index < -0.39 is 6.10 Å². The fourth-order valence-corrected chi connectivity index (χ4v) is 4.51. The molecule has 4 heteroatoms. The van der Waals surface area contributed by atoms with E-state index in [0.29, 0.717) is 0 Å². The molecule has 0 amide bonds. The smallest absolute Gasteiger partial charge is 0.114 e. The maximum absolute atomic E-state index is 10.6. The van der Waals surface area contributed by atoms with Gasteiger partial charge in [-0.15, -0.1) is 11.3 Å². The maximum atomic E-state index is 10.6. The van der Waals surface area contributed by atoms with E-state index in [-0.39, 0.29) is 0 Å². The lowest BCUT2D eigenvalue weighted by Gasteiger charge is -2.11. The number of benzene rings is 2. The molecule has 1 nitrogen and oxygen atoms in total. The molecular formula is C16H12Br2OS. The second kappa shape index (κ2) is 5.60. The highest BCUT2D eigenvalue weighted by Gasteiger charge is 2.16. The minimum Gasteiger partial charge on any atom is -0.383 e. The molecule has 102 valence electrons. The lowest BCUT2D eigenvalue weighted by Crippen LogP contribution is -1.97. The van der Waals surface area contributed by atoms with Crippen LogP contribution in [0.1, 0.15) is 21.4 Å². The van der Waals surface area contributed by atoms with Crippen LogP contribution in [0.4, 0.5) is 0 Å². The summed E-state index contributed by atoms with van der Waals surface area (Å²) in [6, 6.07) is 14.3. The molecule has 3 aromatic rings. The summed E-state index contributed by atoms with van der Waals surface area (Å²) < 4.78 is 2.04. The predicted molar refractivity (Wildman–Crippen MR) is 92.5 cm³/mol. The fourth-order valence-electron chi connectivity index (χ4n) is 2.24. The normalized spacial score (nSPS) is 12.8. The number of hydrogen-bond donors (Lipinski definition) is 1. The zero-order chi connectivity index (χ0) is 14.3. The Morgan fingerprint density at radius 3 is 2.40 bits per heavy atom. The number of aliphatic hydroxyl groups is 1. The van der Waals surface area contributed by atoms with E-state index in [1.54, 1.807) is 11.3 Å². The Labute approximate surface area is 138 Å². The Morgan fingerprint density at radius 2 is 1.70 bits per heavy atom. The van der Waals surface area contributed by atoms with Crippen LogP contribution < -0.4 is 0 Å². The van der Waals surface area contributed by atoms with Crippen molar-refractivity contribution in [1.29, 1.82) is 0 Å². The van der Waals surface area contributed by atoms with E-state index in [0.717, 1.165) is 30.2 Å². The lowest BCUT2D eigenvalue weighted by molar-refractivity contribution is 0.223. The third-order valence-electron chi connectivity index (χ3n) is 3.23. The summed E-state index contributed by atoms with van der Waals surface area (Å²) in [5.74, 6) is 0. The topological polar surface area (TPSA) is 20.2 Å². The summed E-state index contributed by atoms with van der Waals surface area (Å²) in [5, 5.41) is 12.9. The molecule has 1 unspecified atom stereocenters. The largest absolute Gasteiger partial charge is 0.383 e. The van der Waals surface area contributed by atoms with Crippen molar-refractivity contribution in [2.45, 2.75) is 13.0 Å². The van der Waals surface area contributed by atoms with Crippen molar-refractivity contribution in [1.82, 2.24) is 0 Å². The molecule has 0 aliphatic carbocycles. The molecule has 2 aromatic carbocycles. The average Bonchev–Trinajstić information content (AvgIpc) is 2.76. The minimum atomic E-state index is -0.587. The minimum absolute atomic E-state index is 0.587. The number of halogens is 2. The van der Waals surface area contributed by atoms with E-state index in [4.69, 9.17) is 0 Å². The van der Waals surface area contributed by atoms with Crippen LogP contribution in [0.2, 0.25) is 0 Å². The Bertz CT molecular complexity index is 779. The molecule has 0 saturated carbocycles. The van der Waals surface area contributed by atoms with Gasteiger partial charge in [0.05, 0.1) is 4.88 Å². The van der Waals surface area contributed by atoms with Gasteiger partial charge in [-0.05, 0) is 63.5 Å². The monoisotopic (exact) mass is 410 g/mol. The highest BCUT2D eigenvalue weighted by Crippen LogP contribution is 2.36. The van der Waals surface area contributed by atoms with E-state index in [1.807, 2.05) is 37.3 Å². The quantitative estimate of drug-likeness (QED) is 0.563. The Balaban J connectivity index is 2.05. The number of aryl methyl sites for hydroxylation is 1. The molecule has 1 atom stereocenters. The second-order valence-electron chi connectivity index (χ2n) is 4.72. The van der Waals surface area contributed by atoms with Crippen molar-refractivity contribution in [3.63, 3.8) is 0 Å². The van der Waals surface area contributed by atoms with Crippen molar-refractivity contribution in [3.05, 3.63) is 66.7 Å². The van der Waals surface area contributed by atoms with E-state index in [2.05, 4.69) is 44.0 Å². The molecule has 0 spiro atoms. The first-order chi connectivity index (χ1) is 9.54. The number of aliphatic hydroxyl groups excluding tert-OH is 1. The third kappa shape index (κ3) is 2.70. The molecule has 3 rings (SSSR count). The first-order valence-corrected chi connectivity index (χ1v) is 8.58. The van der Waals surface area contributed by atoms with E-state index >= 15 is 0 Å². The van der Waals surface area contributed by atoms with Gasteiger partial charge in [0.2, 0.25) is 0 Å². The number of hydrogen-bond acceptors (Lipinski definition) is 2.